The SMILES string of the molecule is CC1(C)C(=O)N(C2CC2)c2cc(Cl)ncc21. The van der Waals surface area contributed by atoms with Crippen LogP contribution in [0.4, 0.5) is 5.69 Å². The summed E-state index contributed by atoms with van der Waals surface area (Å²) in [5, 5.41) is 0.454. The Bertz CT molecular complexity index is 480. The van der Waals surface area contributed by atoms with Gasteiger partial charge < -0.3 is 4.90 Å². The molecule has 1 fully saturated rings. The zero-order chi connectivity index (χ0) is 11.5. The number of rotatable bonds is 1. The average Bonchev–Trinajstić information content (AvgIpc) is 2.99. The average molecular weight is 237 g/mol. The Labute approximate surface area is 99.4 Å². The van der Waals surface area contributed by atoms with E-state index in [1.165, 1.54) is 0 Å². The summed E-state index contributed by atoms with van der Waals surface area (Å²) in [6.07, 6.45) is 3.93. The van der Waals surface area contributed by atoms with Gasteiger partial charge in [-0.3, -0.25) is 4.79 Å². The molecule has 0 spiro atoms. The van der Waals surface area contributed by atoms with E-state index in [2.05, 4.69) is 4.98 Å². The molecule has 3 nitrogen and oxygen atoms in total. The minimum atomic E-state index is -0.463. The van der Waals surface area contributed by atoms with Crippen molar-refractivity contribution in [3.05, 3.63) is 23.0 Å². The van der Waals surface area contributed by atoms with Crippen molar-refractivity contribution in [1.82, 2.24) is 4.98 Å². The van der Waals surface area contributed by atoms with Crippen LogP contribution in [0.1, 0.15) is 32.3 Å². The molecule has 1 amide bonds. The molecule has 1 aliphatic carbocycles. The summed E-state index contributed by atoms with van der Waals surface area (Å²) in [6.45, 7) is 3.90. The molecule has 1 aliphatic heterocycles. The van der Waals surface area contributed by atoms with E-state index in [1.807, 2.05) is 24.8 Å². The summed E-state index contributed by atoms with van der Waals surface area (Å²) in [5.41, 5.74) is 1.49. The second-order valence-corrected chi connectivity index (χ2v) is 5.44. The molecule has 2 heterocycles. The lowest BCUT2D eigenvalue weighted by molar-refractivity contribution is -0.122. The van der Waals surface area contributed by atoms with Gasteiger partial charge in [-0.1, -0.05) is 11.6 Å². The molecule has 0 N–H and O–H groups in total. The summed E-state index contributed by atoms with van der Waals surface area (Å²) < 4.78 is 0. The van der Waals surface area contributed by atoms with Crippen LogP contribution in [-0.2, 0) is 10.2 Å². The lowest BCUT2D eigenvalue weighted by Crippen LogP contribution is -2.37. The number of carbonyl (C=O) groups excluding carboxylic acids is 1. The van der Waals surface area contributed by atoms with Crippen molar-refractivity contribution in [1.29, 1.82) is 0 Å². The van der Waals surface area contributed by atoms with Crippen LogP contribution >= 0.6 is 11.6 Å². The van der Waals surface area contributed by atoms with Crippen molar-refractivity contribution in [3.8, 4) is 0 Å². The van der Waals surface area contributed by atoms with E-state index in [1.54, 1.807) is 6.20 Å². The zero-order valence-corrected chi connectivity index (χ0v) is 10.1. The van der Waals surface area contributed by atoms with Gasteiger partial charge in [0.05, 0.1) is 11.1 Å². The van der Waals surface area contributed by atoms with Crippen LogP contribution in [0.15, 0.2) is 12.3 Å². The summed E-state index contributed by atoms with van der Waals surface area (Å²) in [7, 11) is 0. The highest BCUT2D eigenvalue weighted by atomic mass is 35.5. The number of anilines is 1. The maximum atomic E-state index is 12.3. The Morgan fingerprint density at radius 1 is 1.50 bits per heavy atom. The molecule has 0 saturated heterocycles. The van der Waals surface area contributed by atoms with Gasteiger partial charge in [-0.25, -0.2) is 4.98 Å². The fraction of sp³-hybridized carbons (Fsp3) is 0.500. The molecule has 0 bridgehead atoms. The van der Waals surface area contributed by atoms with Crippen molar-refractivity contribution in [3.63, 3.8) is 0 Å². The smallest absolute Gasteiger partial charge is 0.237 e. The third-order valence-electron chi connectivity index (χ3n) is 3.45. The molecule has 0 atom stereocenters. The number of aromatic nitrogens is 1. The third-order valence-corrected chi connectivity index (χ3v) is 3.65. The number of halogens is 1. The monoisotopic (exact) mass is 236 g/mol. The molecule has 4 heteroatoms. The highest BCUT2D eigenvalue weighted by Crippen LogP contribution is 2.46. The standard InChI is InChI=1S/C12H13ClN2O/c1-12(2)8-6-14-10(13)5-9(8)15(11(12)16)7-3-4-7/h5-7H,3-4H2,1-2H3. The van der Waals surface area contributed by atoms with Crippen LogP contribution in [0.3, 0.4) is 0 Å². The molecule has 0 radical (unpaired) electrons. The molecule has 1 aromatic rings. The minimum Gasteiger partial charge on any atom is -0.308 e. The predicted octanol–water partition coefficient (Wildman–Crippen LogP) is 2.52. The minimum absolute atomic E-state index is 0.175. The highest BCUT2D eigenvalue weighted by Gasteiger charge is 2.49. The van der Waals surface area contributed by atoms with Crippen LogP contribution in [0, 0.1) is 0 Å². The topological polar surface area (TPSA) is 33.2 Å². The summed E-state index contributed by atoms with van der Waals surface area (Å²) >= 11 is 5.91. The van der Waals surface area contributed by atoms with E-state index in [9.17, 15) is 4.79 Å². The van der Waals surface area contributed by atoms with Gasteiger partial charge in [0, 0.05) is 17.8 Å². The van der Waals surface area contributed by atoms with Crippen molar-refractivity contribution in [2.24, 2.45) is 0 Å². The van der Waals surface area contributed by atoms with Crippen molar-refractivity contribution in [2.45, 2.75) is 38.1 Å². The van der Waals surface area contributed by atoms with Crippen molar-refractivity contribution >= 4 is 23.2 Å². The number of amides is 1. The number of fused-ring (bicyclic) bond motifs is 1. The van der Waals surface area contributed by atoms with E-state index < -0.39 is 5.41 Å². The lowest BCUT2D eigenvalue weighted by atomic mass is 9.87. The van der Waals surface area contributed by atoms with E-state index >= 15 is 0 Å². The van der Waals surface area contributed by atoms with Gasteiger partial charge in [0.15, 0.2) is 0 Å². The molecule has 1 aromatic heterocycles. The van der Waals surface area contributed by atoms with Gasteiger partial charge in [0.2, 0.25) is 5.91 Å². The Hall–Kier alpha value is -1.09. The van der Waals surface area contributed by atoms with Gasteiger partial charge >= 0.3 is 0 Å². The van der Waals surface area contributed by atoms with Crippen LogP contribution in [0.2, 0.25) is 5.15 Å². The fourth-order valence-corrected chi connectivity index (χ4v) is 2.47. The highest BCUT2D eigenvalue weighted by molar-refractivity contribution is 6.30. The maximum Gasteiger partial charge on any atom is 0.237 e. The number of carbonyl (C=O) groups is 1. The van der Waals surface area contributed by atoms with Gasteiger partial charge in [-0.2, -0.15) is 0 Å². The molecule has 2 aliphatic rings. The molecular formula is C12H13ClN2O. The fourth-order valence-electron chi connectivity index (χ4n) is 2.32. The first-order valence-corrected chi connectivity index (χ1v) is 5.89. The molecule has 16 heavy (non-hydrogen) atoms. The van der Waals surface area contributed by atoms with Gasteiger partial charge in [0.25, 0.3) is 0 Å². The normalized spacial score (nSPS) is 22.4. The molecule has 0 unspecified atom stereocenters. The largest absolute Gasteiger partial charge is 0.308 e. The Balaban J connectivity index is 2.19. The number of hydrogen-bond acceptors (Lipinski definition) is 2. The van der Waals surface area contributed by atoms with Crippen LogP contribution in [-0.4, -0.2) is 16.9 Å². The Morgan fingerprint density at radius 2 is 2.19 bits per heavy atom. The van der Waals surface area contributed by atoms with E-state index in [-0.39, 0.29) is 5.91 Å². The van der Waals surface area contributed by atoms with Crippen molar-refractivity contribution < 1.29 is 4.79 Å². The van der Waals surface area contributed by atoms with Gasteiger partial charge in [-0.05, 0) is 32.8 Å². The first-order valence-electron chi connectivity index (χ1n) is 5.51. The van der Waals surface area contributed by atoms with Crippen LogP contribution < -0.4 is 4.90 Å². The quantitative estimate of drug-likeness (QED) is 0.702. The number of nitrogens with zero attached hydrogens (tertiary/aromatic N) is 2. The molecular weight excluding hydrogens is 224 g/mol. The van der Waals surface area contributed by atoms with E-state index in [0.29, 0.717) is 11.2 Å². The number of pyridine rings is 1. The zero-order valence-electron chi connectivity index (χ0n) is 9.33. The number of hydrogen-bond donors (Lipinski definition) is 0. The summed E-state index contributed by atoms with van der Waals surface area (Å²) in [5.74, 6) is 0.175. The van der Waals surface area contributed by atoms with Gasteiger partial charge in [0.1, 0.15) is 5.15 Å². The first kappa shape index (κ1) is 10.1. The Kier molecular flexibility index (Phi) is 1.88. The van der Waals surface area contributed by atoms with Crippen molar-refractivity contribution in [2.75, 3.05) is 4.90 Å². The van der Waals surface area contributed by atoms with Crippen LogP contribution in [0.25, 0.3) is 0 Å². The Morgan fingerprint density at radius 3 is 2.81 bits per heavy atom. The van der Waals surface area contributed by atoms with Gasteiger partial charge in [-0.15, -0.1) is 0 Å². The first-order chi connectivity index (χ1) is 7.51. The maximum absolute atomic E-state index is 12.3. The lowest BCUT2D eigenvalue weighted by Gasteiger charge is -2.19. The molecule has 3 rings (SSSR count). The predicted molar refractivity (Wildman–Crippen MR) is 62.8 cm³/mol. The molecule has 1 saturated carbocycles. The second-order valence-electron chi connectivity index (χ2n) is 5.06. The summed E-state index contributed by atoms with van der Waals surface area (Å²) in [6, 6.07) is 2.19. The summed E-state index contributed by atoms with van der Waals surface area (Å²) in [4.78, 5) is 18.3. The third kappa shape index (κ3) is 1.21. The second kappa shape index (κ2) is 2.98. The molecule has 0 aromatic carbocycles. The molecule has 84 valence electrons. The van der Waals surface area contributed by atoms with E-state index in [4.69, 9.17) is 11.6 Å². The van der Waals surface area contributed by atoms with E-state index in [0.717, 1.165) is 24.1 Å². The van der Waals surface area contributed by atoms with Crippen LogP contribution in [0.5, 0.6) is 0 Å².